The zero-order chi connectivity index (χ0) is 19.6. The number of ether oxygens (including phenoxy) is 1. The minimum absolute atomic E-state index is 0.486. The highest BCUT2D eigenvalue weighted by atomic mass is 19.3. The van der Waals surface area contributed by atoms with Crippen LogP contribution in [0.15, 0.2) is 42.6 Å². The van der Waals surface area contributed by atoms with E-state index in [1.165, 1.54) is 0 Å². The van der Waals surface area contributed by atoms with Crippen LogP contribution >= 0.6 is 0 Å². The Morgan fingerprint density at radius 2 is 2.07 bits per heavy atom. The van der Waals surface area contributed by atoms with Crippen molar-refractivity contribution in [2.45, 2.75) is 37.8 Å². The Labute approximate surface area is 162 Å². The van der Waals surface area contributed by atoms with Gasteiger partial charge in [0.15, 0.2) is 0 Å². The maximum Gasteiger partial charge on any atom is 0.297 e. The van der Waals surface area contributed by atoms with Gasteiger partial charge in [-0.3, -0.25) is 4.90 Å². The number of hydrogen-bond acceptors (Lipinski definition) is 5. The number of likely N-dealkylation sites (tertiary alicyclic amines) is 1. The molecule has 2 saturated heterocycles. The molecule has 0 unspecified atom stereocenters. The SMILES string of the molecule is N#Cc1ccc(CC[C@@]2([C@H]3OCC3(F)F)CCN(Cc3cccnn3)C2)cc1. The van der Waals surface area contributed by atoms with Crippen molar-refractivity contribution in [1.82, 2.24) is 15.1 Å². The van der Waals surface area contributed by atoms with Gasteiger partial charge in [-0.25, -0.2) is 8.78 Å². The van der Waals surface area contributed by atoms with Gasteiger partial charge in [-0.15, -0.1) is 0 Å². The largest absolute Gasteiger partial charge is 0.365 e. The van der Waals surface area contributed by atoms with Gasteiger partial charge in [-0.05, 0) is 55.6 Å². The van der Waals surface area contributed by atoms with Crippen molar-refractivity contribution in [1.29, 1.82) is 5.26 Å². The molecule has 0 spiro atoms. The lowest BCUT2D eigenvalue weighted by Crippen LogP contribution is -2.61. The first kappa shape index (κ1) is 18.9. The fraction of sp³-hybridized carbons (Fsp3) is 0.476. The van der Waals surface area contributed by atoms with E-state index in [2.05, 4.69) is 21.2 Å². The molecule has 2 atom stereocenters. The van der Waals surface area contributed by atoms with Crippen molar-refractivity contribution < 1.29 is 13.5 Å². The van der Waals surface area contributed by atoms with Crippen LogP contribution in [-0.4, -0.2) is 46.8 Å². The van der Waals surface area contributed by atoms with Crippen molar-refractivity contribution in [3.63, 3.8) is 0 Å². The Kier molecular flexibility index (Phi) is 5.09. The monoisotopic (exact) mass is 384 g/mol. The highest BCUT2D eigenvalue weighted by Gasteiger charge is 2.61. The molecule has 2 aromatic rings. The Hall–Kier alpha value is -2.43. The minimum Gasteiger partial charge on any atom is -0.365 e. The summed E-state index contributed by atoms with van der Waals surface area (Å²) in [6.07, 6.45) is 2.56. The van der Waals surface area contributed by atoms with Gasteiger partial charge in [0, 0.05) is 24.7 Å². The first-order valence-corrected chi connectivity index (χ1v) is 9.48. The van der Waals surface area contributed by atoms with Gasteiger partial charge in [-0.1, -0.05) is 12.1 Å². The van der Waals surface area contributed by atoms with E-state index in [4.69, 9.17) is 10.00 Å². The third-order valence-corrected chi connectivity index (χ3v) is 5.85. The van der Waals surface area contributed by atoms with E-state index >= 15 is 0 Å². The first-order chi connectivity index (χ1) is 13.5. The molecule has 5 nitrogen and oxygen atoms in total. The number of hydrogen-bond donors (Lipinski definition) is 0. The van der Waals surface area contributed by atoms with Crippen LogP contribution in [0.5, 0.6) is 0 Å². The highest BCUT2D eigenvalue weighted by Crippen LogP contribution is 2.50. The maximum atomic E-state index is 14.3. The Balaban J connectivity index is 1.48. The molecule has 0 bridgehead atoms. The average molecular weight is 384 g/mol. The van der Waals surface area contributed by atoms with Crippen LogP contribution in [0, 0.1) is 16.7 Å². The number of halogens is 2. The summed E-state index contributed by atoms with van der Waals surface area (Å²) >= 11 is 0. The molecule has 0 saturated carbocycles. The molecule has 4 rings (SSSR count). The Bertz CT molecular complexity index is 853. The normalized spacial score (nSPS) is 26.5. The Morgan fingerprint density at radius 3 is 2.68 bits per heavy atom. The molecule has 28 heavy (non-hydrogen) atoms. The summed E-state index contributed by atoms with van der Waals surface area (Å²) in [7, 11) is 0. The fourth-order valence-corrected chi connectivity index (χ4v) is 4.37. The van der Waals surface area contributed by atoms with Crippen molar-refractivity contribution in [3.8, 4) is 6.07 Å². The summed E-state index contributed by atoms with van der Waals surface area (Å²) in [6.45, 7) is 1.41. The highest BCUT2D eigenvalue weighted by molar-refractivity contribution is 5.31. The summed E-state index contributed by atoms with van der Waals surface area (Å²) in [6, 6.07) is 13.2. The molecule has 0 N–H and O–H groups in total. The summed E-state index contributed by atoms with van der Waals surface area (Å²) in [5, 5.41) is 16.9. The van der Waals surface area contributed by atoms with Gasteiger partial charge >= 0.3 is 0 Å². The van der Waals surface area contributed by atoms with E-state index in [0.717, 1.165) is 17.8 Å². The van der Waals surface area contributed by atoms with Gasteiger partial charge in [0.2, 0.25) is 0 Å². The van der Waals surface area contributed by atoms with Crippen LogP contribution in [-0.2, 0) is 17.7 Å². The molecular formula is C21H22F2N4O. The molecule has 2 aliphatic heterocycles. The molecular weight excluding hydrogens is 362 g/mol. The summed E-state index contributed by atoms with van der Waals surface area (Å²) in [4.78, 5) is 2.17. The van der Waals surface area contributed by atoms with E-state index < -0.39 is 24.0 Å². The van der Waals surface area contributed by atoms with Crippen LogP contribution in [0.4, 0.5) is 8.78 Å². The molecule has 0 aliphatic carbocycles. The molecule has 0 radical (unpaired) electrons. The molecule has 1 aromatic heterocycles. The molecule has 2 aliphatic rings. The van der Waals surface area contributed by atoms with Gasteiger partial charge in [0.1, 0.15) is 12.7 Å². The molecule has 146 valence electrons. The van der Waals surface area contributed by atoms with Crippen molar-refractivity contribution in [2.24, 2.45) is 5.41 Å². The van der Waals surface area contributed by atoms with Crippen LogP contribution in [0.1, 0.15) is 29.7 Å². The van der Waals surface area contributed by atoms with Crippen LogP contribution < -0.4 is 0 Å². The number of benzene rings is 1. The predicted octanol–water partition coefficient (Wildman–Crippen LogP) is 3.21. The number of rotatable bonds is 6. The fourth-order valence-electron chi connectivity index (χ4n) is 4.37. The summed E-state index contributed by atoms with van der Waals surface area (Å²) in [5.41, 5.74) is 1.90. The van der Waals surface area contributed by atoms with E-state index in [0.29, 0.717) is 37.9 Å². The molecule has 2 fully saturated rings. The molecule has 0 amide bonds. The summed E-state index contributed by atoms with van der Waals surface area (Å²) in [5.74, 6) is -2.77. The number of nitriles is 1. The Morgan fingerprint density at radius 1 is 1.25 bits per heavy atom. The third-order valence-electron chi connectivity index (χ3n) is 5.85. The van der Waals surface area contributed by atoms with Gasteiger partial charge in [0.05, 0.1) is 17.3 Å². The van der Waals surface area contributed by atoms with Crippen molar-refractivity contribution >= 4 is 0 Å². The second-order valence-corrected chi connectivity index (χ2v) is 7.80. The number of aryl methyl sites for hydroxylation is 1. The van der Waals surface area contributed by atoms with Crippen molar-refractivity contribution in [3.05, 3.63) is 59.4 Å². The zero-order valence-electron chi connectivity index (χ0n) is 15.5. The standard InChI is InChI=1S/C21H22F2N4O/c22-21(23)15-28-19(21)20(8-7-16-3-5-17(12-24)6-4-16)9-11-27(14-20)13-18-2-1-10-25-26-18/h1-6,10,19H,7-9,11,13-15H2/t19-,20-/m1/s1. The maximum absolute atomic E-state index is 14.3. The smallest absolute Gasteiger partial charge is 0.297 e. The predicted molar refractivity (Wildman–Crippen MR) is 98.5 cm³/mol. The van der Waals surface area contributed by atoms with Gasteiger partial charge in [0.25, 0.3) is 5.92 Å². The van der Waals surface area contributed by atoms with Crippen LogP contribution in [0.3, 0.4) is 0 Å². The second-order valence-electron chi connectivity index (χ2n) is 7.80. The minimum atomic E-state index is -2.77. The molecule has 1 aromatic carbocycles. The van der Waals surface area contributed by atoms with E-state index in [9.17, 15) is 8.78 Å². The van der Waals surface area contributed by atoms with Gasteiger partial charge < -0.3 is 4.74 Å². The van der Waals surface area contributed by atoms with Crippen LogP contribution in [0.25, 0.3) is 0 Å². The third kappa shape index (κ3) is 3.75. The summed E-state index contributed by atoms with van der Waals surface area (Å²) < 4.78 is 34.0. The van der Waals surface area contributed by atoms with E-state index in [1.54, 1.807) is 18.3 Å². The average Bonchev–Trinajstić information content (AvgIpc) is 3.10. The van der Waals surface area contributed by atoms with E-state index in [-0.39, 0.29) is 0 Å². The second kappa shape index (κ2) is 7.53. The van der Waals surface area contributed by atoms with Crippen LogP contribution in [0.2, 0.25) is 0 Å². The zero-order valence-corrected chi connectivity index (χ0v) is 15.5. The lowest BCUT2D eigenvalue weighted by molar-refractivity contribution is -0.301. The topological polar surface area (TPSA) is 62.0 Å². The lowest BCUT2D eigenvalue weighted by atomic mass is 9.72. The number of alkyl halides is 2. The molecule has 3 heterocycles. The van der Waals surface area contributed by atoms with E-state index in [1.807, 2.05) is 24.3 Å². The van der Waals surface area contributed by atoms with Crippen molar-refractivity contribution in [2.75, 3.05) is 19.7 Å². The van der Waals surface area contributed by atoms with Gasteiger partial charge in [-0.2, -0.15) is 15.5 Å². The lowest BCUT2D eigenvalue weighted by Gasteiger charge is -2.48. The quantitative estimate of drug-likeness (QED) is 0.765. The first-order valence-electron chi connectivity index (χ1n) is 9.48. The number of nitrogens with zero attached hydrogens (tertiary/aromatic N) is 4. The molecule has 7 heteroatoms. The number of aromatic nitrogens is 2.